The van der Waals surface area contributed by atoms with Crippen molar-refractivity contribution in [3.8, 4) is 0 Å². The first-order chi connectivity index (χ1) is 8.74. The highest BCUT2D eigenvalue weighted by molar-refractivity contribution is 5.79. The molecule has 18 heavy (non-hydrogen) atoms. The third kappa shape index (κ3) is 2.01. The lowest BCUT2D eigenvalue weighted by molar-refractivity contribution is 0.434. The highest BCUT2D eigenvalue weighted by atomic mass is 16.4. The summed E-state index contributed by atoms with van der Waals surface area (Å²) in [6, 6.07) is 9.61. The first-order valence-electron chi connectivity index (χ1n) is 6.52. The molecule has 0 saturated carbocycles. The molecule has 1 aliphatic rings. The van der Waals surface area contributed by atoms with Gasteiger partial charge in [0.2, 0.25) is 0 Å². The van der Waals surface area contributed by atoms with E-state index in [-0.39, 0.29) is 5.63 Å². The smallest absolute Gasteiger partial charge is 0.360 e. The fourth-order valence-corrected chi connectivity index (χ4v) is 2.52. The van der Waals surface area contributed by atoms with Crippen molar-refractivity contribution in [1.82, 2.24) is 0 Å². The Labute approximate surface area is 106 Å². The van der Waals surface area contributed by atoms with Crippen LogP contribution in [-0.4, -0.2) is 13.1 Å². The number of benzene rings is 1. The molecular weight excluding hydrogens is 226 g/mol. The summed E-state index contributed by atoms with van der Waals surface area (Å²) >= 11 is 0. The zero-order valence-electron chi connectivity index (χ0n) is 10.6. The summed E-state index contributed by atoms with van der Waals surface area (Å²) < 4.78 is 5.38. The lowest BCUT2D eigenvalue weighted by atomic mass is 9.99. The van der Waals surface area contributed by atoms with E-state index in [9.17, 15) is 4.79 Å². The Balaban J connectivity index is 2.01. The van der Waals surface area contributed by atoms with Gasteiger partial charge in [-0.15, -0.1) is 0 Å². The number of para-hydroxylation sites is 1. The topological polar surface area (TPSA) is 33.5 Å². The van der Waals surface area contributed by atoms with Crippen molar-refractivity contribution in [2.75, 3.05) is 18.0 Å². The molecule has 0 bridgehead atoms. The fourth-order valence-electron chi connectivity index (χ4n) is 2.52. The number of nitrogens with zero attached hydrogens (tertiary/aromatic N) is 1. The average molecular weight is 243 g/mol. The molecule has 3 nitrogen and oxygen atoms in total. The lowest BCUT2D eigenvalue weighted by Gasteiger charge is -2.31. The number of hydrogen-bond donors (Lipinski definition) is 0. The van der Waals surface area contributed by atoms with Gasteiger partial charge in [-0.2, -0.15) is 0 Å². The molecule has 1 fully saturated rings. The predicted octanol–water partition coefficient (Wildman–Crippen LogP) is 3.03. The number of fused-ring (bicyclic) bond motifs is 1. The van der Waals surface area contributed by atoms with E-state index in [1.165, 1.54) is 0 Å². The summed E-state index contributed by atoms with van der Waals surface area (Å²) in [5.74, 6) is 0.758. The second-order valence-corrected chi connectivity index (χ2v) is 5.13. The fraction of sp³-hybridized carbons (Fsp3) is 0.400. The van der Waals surface area contributed by atoms with Crippen molar-refractivity contribution in [2.24, 2.45) is 5.92 Å². The van der Waals surface area contributed by atoms with Gasteiger partial charge in [0.25, 0.3) is 0 Å². The Morgan fingerprint density at radius 1 is 1.22 bits per heavy atom. The van der Waals surface area contributed by atoms with E-state index in [2.05, 4.69) is 11.8 Å². The normalized spacial score (nSPS) is 17.3. The van der Waals surface area contributed by atoms with Gasteiger partial charge in [0.1, 0.15) is 11.3 Å². The van der Waals surface area contributed by atoms with E-state index in [0.29, 0.717) is 11.3 Å². The monoisotopic (exact) mass is 243 g/mol. The molecule has 94 valence electrons. The maximum Gasteiger partial charge on any atom is 0.360 e. The molecule has 0 atom stereocenters. The van der Waals surface area contributed by atoms with E-state index in [1.807, 2.05) is 30.3 Å². The molecule has 2 aromatic rings. The SMILES string of the molecule is CC1CCN(c2cc3ccccc3oc2=O)CC1. The van der Waals surface area contributed by atoms with Crippen LogP contribution in [0.5, 0.6) is 0 Å². The zero-order chi connectivity index (χ0) is 12.5. The Morgan fingerprint density at radius 2 is 1.94 bits per heavy atom. The van der Waals surface area contributed by atoms with E-state index in [4.69, 9.17) is 4.42 Å². The molecule has 1 aromatic carbocycles. The van der Waals surface area contributed by atoms with Gasteiger partial charge in [-0.3, -0.25) is 0 Å². The molecule has 0 unspecified atom stereocenters. The molecule has 2 heterocycles. The predicted molar refractivity (Wildman–Crippen MR) is 73.1 cm³/mol. The van der Waals surface area contributed by atoms with Crippen molar-refractivity contribution in [1.29, 1.82) is 0 Å². The molecule has 0 aliphatic carbocycles. The maximum atomic E-state index is 12.0. The van der Waals surface area contributed by atoms with Crippen LogP contribution in [0, 0.1) is 5.92 Å². The van der Waals surface area contributed by atoms with Crippen molar-refractivity contribution >= 4 is 16.7 Å². The van der Waals surface area contributed by atoms with E-state index >= 15 is 0 Å². The Hall–Kier alpha value is -1.77. The van der Waals surface area contributed by atoms with Crippen LogP contribution in [0.2, 0.25) is 0 Å². The number of piperidine rings is 1. The zero-order valence-corrected chi connectivity index (χ0v) is 10.6. The van der Waals surface area contributed by atoms with E-state index < -0.39 is 0 Å². The van der Waals surface area contributed by atoms with Gasteiger partial charge in [0.15, 0.2) is 0 Å². The van der Waals surface area contributed by atoms with Crippen LogP contribution < -0.4 is 10.5 Å². The molecule has 0 N–H and O–H groups in total. The molecular formula is C15H17NO2. The second kappa shape index (κ2) is 4.48. The molecule has 0 radical (unpaired) electrons. The minimum Gasteiger partial charge on any atom is -0.421 e. The van der Waals surface area contributed by atoms with Crippen LogP contribution in [0.1, 0.15) is 19.8 Å². The minimum absolute atomic E-state index is 0.219. The van der Waals surface area contributed by atoms with E-state index in [0.717, 1.165) is 37.2 Å². The molecule has 1 aromatic heterocycles. The van der Waals surface area contributed by atoms with Gasteiger partial charge in [-0.25, -0.2) is 4.79 Å². The number of anilines is 1. The molecule has 0 spiro atoms. The van der Waals surface area contributed by atoms with Gasteiger partial charge >= 0.3 is 5.63 Å². The maximum absolute atomic E-state index is 12.0. The third-order valence-electron chi connectivity index (χ3n) is 3.75. The first kappa shape index (κ1) is 11.3. The summed E-state index contributed by atoms with van der Waals surface area (Å²) in [6.07, 6.45) is 2.29. The standard InChI is InChI=1S/C15H17NO2/c1-11-6-8-16(9-7-11)13-10-12-4-2-3-5-14(12)18-15(13)17/h2-5,10-11H,6-9H2,1H3. The molecule has 3 heteroatoms. The Morgan fingerprint density at radius 3 is 2.72 bits per heavy atom. The molecule has 3 rings (SSSR count). The molecule has 0 amide bonds. The van der Waals surface area contributed by atoms with Crippen LogP contribution in [0.4, 0.5) is 5.69 Å². The highest BCUT2D eigenvalue weighted by Gasteiger charge is 2.19. The van der Waals surface area contributed by atoms with Crippen molar-refractivity contribution in [3.63, 3.8) is 0 Å². The average Bonchev–Trinajstić information content (AvgIpc) is 2.39. The summed E-state index contributed by atoms with van der Waals surface area (Å²) in [6.45, 7) is 4.16. The quantitative estimate of drug-likeness (QED) is 0.722. The third-order valence-corrected chi connectivity index (χ3v) is 3.75. The molecule has 1 aliphatic heterocycles. The van der Waals surface area contributed by atoms with Crippen molar-refractivity contribution in [2.45, 2.75) is 19.8 Å². The lowest BCUT2D eigenvalue weighted by Crippen LogP contribution is -2.35. The highest BCUT2D eigenvalue weighted by Crippen LogP contribution is 2.23. The summed E-state index contributed by atoms with van der Waals surface area (Å²) in [7, 11) is 0. The minimum atomic E-state index is -0.219. The van der Waals surface area contributed by atoms with Crippen LogP contribution in [-0.2, 0) is 0 Å². The van der Waals surface area contributed by atoms with Crippen LogP contribution in [0.25, 0.3) is 11.0 Å². The van der Waals surface area contributed by atoms with Crippen LogP contribution in [0.15, 0.2) is 39.5 Å². The second-order valence-electron chi connectivity index (χ2n) is 5.13. The summed E-state index contributed by atoms with van der Waals surface area (Å²) in [5.41, 5.74) is 1.15. The van der Waals surface area contributed by atoms with Crippen LogP contribution in [0.3, 0.4) is 0 Å². The van der Waals surface area contributed by atoms with Gasteiger partial charge in [-0.1, -0.05) is 25.1 Å². The van der Waals surface area contributed by atoms with Gasteiger partial charge in [0.05, 0.1) is 0 Å². The van der Waals surface area contributed by atoms with Gasteiger partial charge in [0, 0.05) is 18.5 Å². The first-order valence-corrected chi connectivity index (χ1v) is 6.52. The molecule has 1 saturated heterocycles. The number of rotatable bonds is 1. The Kier molecular flexibility index (Phi) is 2.82. The summed E-state index contributed by atoms with van der Waals surface area (Å²) in [4.78, 5) is 14.2. The summed E-state index contributed by atoms with van der Waals surface area (Å²) in [5, 5.41) is 0.991. The van der Waals surface area contributed by atoms with Crippen LogP contribution >= 0.6 is 0 Å². The number of hydrogen-bond acceptors (Lipinski definition) is 3. The van der Waals surface area contributed by atoms with Gasteiger partial charge in [-0.05, 0) is 30.9 Å². The Bertz CT molecular complexity index is 609. The largest absolute Gasteiger partial charge is 0.421 e. The van der Waals surface area contributed by atoms with Crippen molar-refractivity contribution < 1.29 is 4.42 Å². The van der Waals surface area contributed by atoms with Crippen molar-refractivity contribution in [3.05, 3.63) is 40.8 Å². The van der Waals surface area contributed by atoms with E-state index in [1.54, 1.807) is 0 Å². The van der Waals surface area contributed by atoms with Gasteiger partial charge < -0.3 is 9.32 Å².